The Balaban J connectivity index is 1.83. The van der Waals surface area contributed by atoms with Crippen molar-refractivity contribution in [2.24, 2.45) is 0 Å². The zero-order valence-electron chi connectivity index (χ0n) is 14.2. The van der Waals surface area contributed by atoms with Gasteiger partial charge in [-0.25, -0.2) is 4.21 Å². The van der Waals surface area contributed by atoms with Gasteiger partial charge in [-0.05, 0) is 42.5 Å². The largest absolute Gasteiger partial charge is 0.461 e. The predicted octanol–water partition coefficient (Wildman–Crippen LogP) is 5.72. The molecule has 0 spiro atoms. The summed E-state index contributed by atoms with van der Waals surface area (Å²) in [5.41, 5.74) is 2.22. The lowest BCUT2D eigenvalue weighted by Gasteiger charge is -2.14. The molecule has 5 heteroatoms. The lowest BCUT2D eigenvalue weighted by molar-refractivity contribution is 0.417. The molecule has 25 heavy (non-hydrogen) atoms. The normalized spacial score (nSPS) is 13.6. The summed E-state index contributed by atoms with van der Waals surface area (Å²) in [6, 6.07) is 15.0. The lowest BCUT2D eigenvalue weighted by atomic mass is 9.94. The summed E-state index contributed by atoms with van der Waals surface area (Å²) in [5, 5.41) is 1.89. The molecule has 4 nitrogen and oxygen atoms in total. The molecule has 2 heterocycles. The first-order valence-corrected chi connectivity index (χ1v) is 9.11. The molecule has 0 bridgehead atoms. The molecule has 0 radical (unpaired) electrons. The molecule has 0 saturated carbocycles. The maximum atomic E-state index is 11.2. The van der Waals surface area contributed by atoms with Gasteiger partial charge < -0.3 is 13.4 Å². The molecule has 128 valence electrons. The van der Waals surface area contributed by atoms with E-state index in [0.29, 0.717) is 10.5 Å². The number of rotatable bonds is 2. The van der Waals surface area contributed by atoms with Crippen LogP contribution in [0.25, 0.3) is 33.3 Å². The van der Waals surface area contributed by atoms with Crippen LogP contribution in [0.5, 0.6) is 0 Å². The molecule has 4 aromatic rings. The SMILES string of the molecule is CC(C)(C)c1ccc(-c2ccc3c(c2)oc2cc(S(=O)O)ccc23)o1. The zero-order valence-corrected chi connectivity index (χ0v) is 15.0. The fourth-order valence-corrected chi connectivity index (χ4v) is 3.31. The van der Waals surface area contributed by atoms with E-state index in [-0.39, 0.29) is 5.41 Å². The van der Waals surface area contributed by atoms with Crippen LogP contribution in [-0.2, 0) is 16.5 Å². The topological polar surface area (TPSA) is 63.6 Å². The summed E-state index contributed by atoms with van der Waals surface area (Å²) >= 11 is -2.02. The first kappa shape index (κ1) is 16.1. The molecule has 0 saturated heterocycles. The van der Waals surface area contributed by atoms with E-state index in [2.05, 4.69) is 20.8 Å². The van der Waals surface area contributed by atoms with Crippen LogP contribution in [0.15, 0.2) is 62.3 Å². The van der Waals surface area contributed by atoms with E-state index in [0.717, 1.165) is 33.4 Å². The number of fused-ring (bicyclic) bond motifs is 3. The molecule has 0 aliphatic rings. The van der Waals surface area contributed by atoms with Crippen LogP contribution < -0.4 is 0 Å². The van der Waals surface area contributed by atoms with E-state index >= 15 is 0 Å². The van der Waals surface area contributed by atoms with Gasteiger partial charge >= 0.3 is 0 Å². The van der Waals surface area contributed by atoms with Gasteiger partial charge in [-0.15, -0.1) is 0 Å². The summed E-state index contributed by atoms with van der Waals surface area (Å²) in [5.74, 6) is 1.73. The van der Waals surface area contributed by atoms with Crippen LogP contribution in [0.2, 0.25) is 0 Å². The van der Waals surface area contributed by atoms with Gasteiger partial charge in [0, 0.05) is 21.8 Å². The second-order valence-electron chi connectivity index (χ2n) is 7.13. The monoisotopic (exact) mass is 354 g/mol. The van der Waals surface area contributed by atoms with Gasteiger partial charge in [0.15, 0.2) is 11.1 Å². The van der Waals surface area contributed by atoms with Crippen LogP contribution in [0.3, 0.4) is 0 Å². The first-order chi connectivity index (χ1) is 11.8. The summed E-state index contributed by atoms with van der Waals surface area (Å²) in [4.78, 5) is 0.327. The minimum absolute atomic E-state index is 0.0436. The van der Waals surface area contributed by atoms with Crippen molar-refractivity contribution in [2.45, 2.75) is 31.1 Å². The molecule has 0 amide bonds. The second kappa shape index (κ2) is 5.58. The average Bonchev–Trinajstić information content (AvgIpc) is 3.17. The highest BCUT2D eigenvalue weighted by Crippen LogP contribution is 2.35. The van der Waals surface area contributed by atoms with Gasteiger partial charge in [0.1, 0.15) is 22.7 Å². The van der Waals surface area contributed by atoms with Crippen LogP contribution >= 0.6 is 0 Å². The molecule has 0 aliphatic carbocycles. The van der Waals surface area contributed by atoms with Gasteiger partial charge in [-0.1, -0.05) is 26.8 Å². The quantitative estimate of drug-likeness (QED) is 0.467. The predicted molar refractivity (Wildman–Crippen MR) is 99.2 cm³/mol. The Morgan fingerprint density at radius 1 is 0.880 bits per heavy atom. The van der Waals surface area contributed by atoms with Gasteiger partial charge in [0.05, 0.1) is 4.90 Å². The minimum Gasteiger partial charge on any atom is -0.461 e. The van der Waals surface area contributed by atoms with Crippen molar-refractivity contribution in [1.82, 2.24) is 0 Å². The van der Waals surface area contributed by atoms with E-state index in [4.69, 9.17) is 8.83 Å². The molecular formula is C20H18O4S. The number of hydrogen-bond acceptors (Lipinski definition) is 3. The Morgan fingerprint density at radius 3 is 2.20 bits per heavy atom. The lowest BCUT2D eigenvalue weighted by Crippen LogP contribution is -2.08. The standard InChI is InChI=1S/C20H18O4S/c1-20(2,3)19-9-8-16(24-19)12-4-6-14-15-7-5-13(25(21)22)11-18(15)23-17(14)10-12/h4-11H,1-3H3,(H,21,22). The van der Waals surface area contributed by atoms with Crippen molar-refractivity contribution in [3.63, 3.8) is 0 Å². The van der Waals surface area contributed by atoms with E-state index in [9.17, 15) is 8.76 Å². The highest BCUT2D eigenvalue weighted by atomic mass is 32.2. The van der Waals surface area contributed by atoms with Crippen LogP contribution in [0.4, 0.5) is 0 Å². The Labute approximate surface area is 147 Å². The third kappa shape index (κ3) is 2.79. The second-order valence-corrected chi connectivity index (χ2v) is 8.10. The van der Waals surface area contributed by atoms with E-state index in [1.54, 1.807) is 12.1 Å². The third-order valence-electron chi connectivity index (χ3n) is 4.28. The molecule has 1 atom stereocenters. The molecule has 0 aliphatic heterocycles. The Morgan fingerprint density at radius 2 is 1.56 bits per heavy atom. The van der Waals surface area contributed by atoms with Gasteiger partial charge in [0.2, 0.25) is 0 Å². The minimum atomic E-state index is -2.02. The average molecular weight is 354 g/mol. The maximum Gasteiger partial charge on any atom is 0.186 e. The van der Waals surface area contributed by atoms with E-state index < -0.39 is 11.1 Å². The first-order valence-electron chi connectivity index (χ1n) is 8.01. The van der Waals surface area contributed by atoms with Crippen LogP contribution in [-0.4, -0.2) is 8.76 Å². The summed E-state index contributed by atoms with van der Waals surface area (Å²) < 4.78 is 32.4. The number of hydrogen-bond donors (Lipinski definition) is 1. The van der Waals surface area contributed by atoms with Crippen molar-refractivity contribution in [3.05, 3.63) is 54.3 Å². The Hall–Kier alpha value is -2.37. The van der Waals surface area contributed by atoms with Crippen molar-refractivity contribution >= 4 is 33.0 Å². The van der Waals surface area contributed by atoms with Crippen molar-refractivity contribution in [3.8, 4) is 11.3 Å². The van der Waals surface area contributed by atoms with E-state index in [1.807, 2.05) is 36.4 Å². The summed E-state index contributed by atoms with van der Waals surface area (Å²) in [7, 11) is 0. The van der Waals surface area contributed by atoms with E-state index in [1.165, 1.54) is 0 Å². The number of furan rings is 2. The Kier molecular flexibility index (Phi) is 3.60. The van der Waals surface area contributed by atoms with Crippen LogP contribution in [0.1, 0.15) is 26.5 Å². The molecule has 2 aromatic heterocycles. The van der Waals surface area contributed by atoms with Gasteiger partial charge in [-0.3, -0.25) is 0 Å². The molecule has 1 unspecified atom stereocenters. The highest BCUT2D eigenvalue weighted by Gasteiger charge is 2.19. The maximum absolute atomic E-state index is 11.2. The fraction of sp³-hybridized carbons (Fsp3) is 0.200. The molecule has 0 fully saturated rings. The Bertz CT molecular complexity index is 1110. The van der Waals surface area contributed by atoms with Crippen molar-refractivity contribution in [1.29, 1.82) is 0 Å². The fourth-order valence-electron chi connectivity index (χ4n) is 2.92. The molecule has 4 rings (SSSR count). The van der Waals surface area contributed by atoms with Crippen molar-refractivity contribution in [2.75, 3.05) is 0 Å². The molecular weight excluding hydrogens is 336 g/mol. The molecule has 1 N–H and O–H groups in total. The summed E-state index contributed by atoms with van der Waals surface area (Å²) in [6.07, 6.45) is 0. The zero-order chi connectivity index (χ0) is 17.8. The highest BCUT2D eigenvalue weighted by molar-refractivity contribution is 7.79. The van der Waals surface area contributed by atoms with Crippen LogP contribution in [0, 0.1) is 0 Å². The molecule has 2 aromatic carbocycles. The van der Waals surface area contributed by atoms with Gasteiger partial charge in [-0.2, -0.15) is 0 Å². The summed E-state index contributed by atoms with van der Waals surface area (Å²) in [6.45, 7) is 6.34. The number of benzene rings is 2. The third-order valence-corrected chi connectivity index (χ3v) is 4.93. The van der Waals surface area contributed by atoms with Crippen molar-refractivity contribution < 1.29 is 17.6 Å². The van der Waals surface area contributed by atoms with Gasteiger partial charge in [0.25, 0.3) is 0 Å². The smallest absolute Gasteiger partial charge is 0.186 e.